The maximum Gasteiger partial charge on any atom is 0.240 e. The van der Waals surface area contributed by atoms with E-state index in [2.05, 4.69) is 34.5 Å². The van der Waals surface area contributed by atoms with Crippen molar-refractivity contribution in [1.82, 2.24) is 4.72 Å². The highest BCUT2D eigenvalue weighted by atomic mass is 79.9. The van der Waals surface area contributed by atoms with Crippen molar-refractivity contribution in [3.05, 3.63) is 28.7 Å². The molecule has 0 aliphatic heterocycles. The first-order valence-electron chi connectivity index (χ1n) is 5.59. The highest BCUT2D eigenvalue weighted by Crippen LogP contribution is 2.17. The van der Waals surface area contributed by atoms with Gasteiger partial charge in [0.1, 0.15) is 0 Å². The maximum atomic E-state index is 12.0. The number of rotatable bonds is 5. The van der Waals surface area contributed by atoms with Crippen LogP contribution in [0.25, 0.3) is 0 Å². The second kappa shape index (κ2) is 5.98. The topological polar surface area (TPSA) is 46.2 Å². The van der Waals surface area contributed by atoms with E-state index in [1.807, 2.05) is 6.92 Å². The molecule has 0 aliphatic carbocycles. The Morgan fingerprint density at radius 2 is 1.94 bits per heavy atom. The van der Waals surface area contributed by atoms with Gasteiger partial charge in [0.25, 0.3) is 0 Å². The molecular formula is C12H18BrNO2S. The summed E-state index contributed by atoms with van der Waals surface area (Å²) in [4.78, 5) is 0.294. The van der Waals surface area contributed by atoms with Gasteiger partial charge in [-0.3, -0.25) is 0 Å². The van der Waals surface area contributed by atoms with E-state index in [0.29, 0.717) is 10.8 Å². The lowest BCUT2D eigenvalue weighted by atomic mass is 10.1. The summed E-state index contributed by atoms with van der Waals surface area (Å²) < 4.78 is 27.5. The molecule has 3 nitrogen and oxygen atoms in total. The summed E-state index contributed by atoms with van der Waals surface area (Å²) in [7, 11) is -3.41. The smallest absolute Gasteiger partial charge is 0.208 e. The molecule has 1 atom stereocenters. The molecule has 5 heteroatoms. The number of hydrogen-bond acceptors (Lipinski definition) is 2. The zero-order chi connectivity index (χ0) is 13.1. The van der Waals surface area contributed by atoms with E-state index in [9.17, 15) is 8.42 Å². The predicted molar refractivity (Wildman–Crippen MR) is 73.4 cm³/mol. The lowest BCUT2D eigenvalue weighted by Gasteiger charge is -2.16. The van der Waals surface area contributed by atoms with Gasteiger partial charge in [0.15, 0.2) is 0 Å². The van der Waals surface area contributed by atoms with Gasteiger partial charge >= 0.3 is 0 Å². The van der Waals surface area contributed by atoms with Crippen LogP contribution in [0.3, 0.4) is 0 Å². The SMILES string of the molecule is CC(C)CC(C)NS(=O)(=O)c1cccc(Br)c1. The van der Waals surface area contributed by atoms with Gasteiger partial charge in [-0.1, -0.05) is 35.8 Å². The fourth-order valence-electron chi connectivity index (χ4n) is 1.72. The molecule has 1 rings (SSSR count). The highest BCUT2D eigenvalue weighted by Gasteiger charge is 2.17. The third-order valence-electron chi connectivity index (χ3n) is 2.29. The lowest BCUT2D eigenvalue weighted by molar-refractivity contribution is 0.482. The van der Waals surface area contributed by atoms with Crippen LogP contribution in [-0.4, -0.2) is 14.5 Å². The van der Waals surface area contributed by atoms with E-state index in [0.717, 1.165) is 10.9 Å². The Morgan fingerprint density at radius 1 is 1.29 bits per heavy atom. The van der Waals surface area contributed by atoms with E-state index in [1.54, 1.807) is 24.3 Å². The molecule has 1 unspecified atom stereocenters. The van der Waals surface area contributed by atoms with Crippen molar-refractivity contribution in [3.8, 4) is 0 Å². The molecule has 0 saturated heterocycles. The molecule has 1 aromatic carbocycles. The van der Waals surface area contributed by atoms with Crippen molar-refractivity contribution in [1.29, 1.82) is 0 Å². The van der Waals surface area contributed by atoms with Gasteiger partial charge in [-0.15, -0.1) is 0 Å². The molecule has 0 saturated carbocycles. The van der Waals surface area contributed by atoms with Crippen molar-refractivity contribution < 1.29 is 8.42 Å². The summed E-state index contributed by atoms with van der Waals surface area (Å²) in [5, 5.41) is 0. The highest BCUT2D eigenvalue weighted by molar-refractivity contribution is 9.10. The summed E-state index contributed by atoms with van der Waals surface area (Å²) in [5.41, 5.74) is 0. The van der Waals surface area contributed by atoms with Crippen LogP contribution in [-0.2, 0) is 10.0 Å². The van der Waals surface area contributed by atoms with Crippen LogP contribution in [0.4, 0.5) is 0 Å². The van der Waals surface area contributed by atoms with Crippen LogP contribution in [0.15, 0.2) is 33.6 Å². The molecule has 17 heavy (non-hydrogen) atoms. The van der Waals surface area contributed by atoms with E-state index in [1.165, 1.54) is 0 Å². The van der Waals surface area contributed by atoms with Gasteiger partial charge in [-0.05, 0) is 37.5 Å². The average molecular weight is 320 g/mol. The van der Waals surface area contributed by atoms with Crippen LogP contribution >= 0.6 is 15.9 Å². The van der Waals surface area contributed by atoms with Gasteiger partial charge in [0.05, 0.1) is 4.90 Å². The van der Waals surface area contributed by atoms with E-state index in [4.69, 9.17) is 0 Å². The predicted octanol–water partition coefficient (Wildman–Crippen LogP) is 3.16. The Labute approximate surface area is 112 Å². The second-order valence-corrected chi connectivity index (χ2v) is 7.24. The summed E-state index contributed by atoms with van der Waals surface area (Å²) in [6, 6.07) is 6.65. The van der Waals surface area contributed by atoms with E-state index >= 15 is 0 Å². The van der Waals surface area contributed by atoms with Crippen LogP contribution in [0.1, 0.15) is 27.2 Å². The number of sulfonamides is 1. The maximum absolute atomic E-state index is 12.0. The van der Waals surface area contributed by atoms with Gasteiger partial charge in [-0.2, -0.15) is 0 Å². The minimum Gasteiger partial charge on any atom is -0.208 e. The number of hydrogen-bond donors (Lipinski definition) is 1. The second-order valence-electron chi connectivity index (χ2n) is 4.61. The Hall–Kier alpha value is -0.390. The van der Waals surface area contributed by atoms with Crippen molar-refractivity contribution in [2.45, 2.75) is 38.1 Å². The molecule has 0 amide bonds. The third-order valence-corrected chi connectivity index (χ3v) is 4.37. The lowest BCUT2D eigenvalue weighted by Crippen LogP contribution is -2.33. The normalized spacial score (nSPS) is 13.9. The fourth-order valence-corrected chi connectivity index (χ4v) is 3.57. The fraction of sp³-hybridized carbons (Fsp3) is 0.500. The molecule has 96 valence electrons. The summed E-state index contributed by atoms with van der Waals surface area (Å²) in [5.74, 6) is 0.468. The van der Waals surface area contributed by atoms with Crippen LogP contribution in [0.5, 0.6) is 0 Å². The molecule has 0 fully saturated rings. The van der Waals surface area contributed by atoms with Gasteiger partial charge < -0.3 is 0 Å². The Kier molecular flexibility index (Phi) is 5.16. The van der Waals surface area contributed by atoms with Crippen molar-refractivity contribution in [2.24, 2.45) is 5.92 Å². The summed E-state index contributed by atoms with van der Waals surface area (Å²) in [6.45, 7) is 6.03. The van der Waals surface area contributed by atoms with E-state index < -0.39 is 10.0 Å². The van der Waals surface area contributed by atoms with E-state index in [-0.39, 0.29) is 6.04 Å². The molecule has 1 aromatic rings. The molecule has 1 N–H and O–H groups in total. The first-order valence-corrected chi connectivity index (χ1v) is 7.87. The molecular weight excluding hydrogens is 302 g/mol. The zero-order valence-corrected chi connectivity index (χ0v) is 12.7. The molecule has 0 aromatic heterocycles. The molecule has 0 heterocycles. The Balaban J connectivity index is 2.82. The third kappa shape index (κ3) is 4.77. The van der Waals surface area contributed by atoms with Crippen LogP contribution in [0.2, 0.25) is 0 Å². The van der Waals surface area contributed by atoms with Crippen LogP contribution in [0, 0.1) is 5.92 Å². The van der Waals surface area contributed by atoms with Crippen molar-refractivity contribution >= 4 is 26.0 Å². The molecule has 0 aliphatic rings. The van der Waals surface area contributed by atoms with Crippen molar-refractivity contribution in [3.63, 3.8) is 0 Å². The number of benzene rings is 1. The van der Waals surface area contributed by atoms with Crippen molar-refractivity contribution in [2.75, 3.05) is 0 Å². The Morgan fingerprint density at radius 3 is 2.47 bits per heavy atom. The molecule has 0 bridgehead atoms. The monoisotopic (exact) mass is 319 g/mol. The zero-order valence-electron chi connectivity index (χ0n) is 10.3. The standard InChI is InChI=1S/C12H18BrNO2S/c1-9(2)7-10(3)14-17(15,16)12-6-4-5-11(13)8-12/h4-6,8-10,14H,7H2,1-3H3. The average Bonchev–Trinajstić information content (AvgIpc) is 2.15. The minimum atomic E-state index is -3.41. The largest absolute Gasteiger partial charge is 0.240 e. The minimum absolute atomic E-state index is 0.0565. The van der Waals surface area contributed by atoms with Gasteiger partial charge in [-0.25, -0.2) is 13.1 Å². The van der Waals surface area contributed by atoms with Crippen LogP contribution < -0.4 is 4.72 Å². The van der Waals surface area contributed by atoms with Gasteiger partial charge in [0, 0.05) is 10.5 Å². The first-order chi connectivity index (χ1) is 7.81. The summed E-state index contributed by atoms with van der Waals surface area (Å²) >= 11 is 3.27. The van der Waals surface area contributed by atoms with Gasteiger partial charge in [0.2, 0.25) is 10.0 Å². The first kappa shape index (κ1) is 14.7. The molecule has 0 radical (unpaired) electrons. The Bertz CT molecular complexity index is 471. The number of nitrogens with one attached hydrogen (secondary N) is 1. The summed E-state index contributed by atoms with van der Waals surface area (Å²) in [6.07, 6.45) is 0.827. The quantitative estimate of drug-likeness (QED) is 0.906. The molecule has 0 spiro atoms. The number of halogens is 1.